The van der Waals surface area contributed by atoms with Crippen LogP contribution in [0.15, 0.2) is 16.6 Å². The van der Waals surface area contributed by atoms with E-state index in [0.29, 0.717) is 10.0 Å². The van der Waals surface area contributed by atoms with Crippen molar-refractivity contribution in [1.29, 1.82) is 0 Å². The Morgan fingerprint density at radius 1 is 1.50 bits per heavy atom. The van der Waals surface area contributed by atoms with Crippen molar-refractivity contribution < 1.29 is 9.90 Å². The fraction of sp³-hybridized carbons (Fsp3) is 0.222. The minimum atomic E-state index is -0.0321. The van der Waals surface area contributed by atoms with Crippen LogP contribution < -0.4 is 0 Å². The molecular weight excluding hydrogens is 220 g/mol. The molecule has 0 aromatic heterocycles. The molecule has 1 aromatic carbocycles. The number of Topliss-reactive ketones (excluding diaryl/α,β-unsaturated/α-hetero) is 1. The topological polar surface area (TPSA) is 37.3 Å². The molecule has 0 aliphatic carbocycles. The van der Waals surface area contributed by atoms with Gasteiger partial charge in [0, 0.05) is 5.56 Å². The molecule has 0 fully saturated rings. The number of phenolic OH excluding ortho intramolecular Hbond substituents is 1. The van der Waals surface area contributed by atoms with Gasteiger partial charge in [-0.25, -0.2) is 0 Å². The number of rotatable bonds is 1. The van der Waals surface area contributed by atoms with Crippen molar-refractivity contribution in [3.63, 3.8) is 0 Å². The maximum absolute atomic E-state index is 11.0. The molecule has 0 saturated carbocycles. The molecular formula is C9H9BrO2. The van der Waals surface area contributed by atoms with Crippen LogP contribution in [0, 0.1) is 6.92 Å². The lowest BCUT2D eigenvalue weighted by atomic mass is 10.1. The van der Waals surface area contributed by atoms with E-state index in [1.165, 1.54) is 13.0 Å². The fourth-order valence-electron chi connectivity index (χ4n) is 1.04. The van der Waals surface area contributed by atoms with Crippen molar-refractivity contribution in [1.82, 2.24) is 0 Å². The molecule has 0 amide bonds. The number of benzene rings is 1. The highest BCUT2D eigenvalue weighted by Crippen LogP contribution is 2.27. The summed E-state index contributed by atoms with van der Waals surface area (Å²) >= 11 is 3.17. The zero-order valence-corrected chi connectivity index (χ0v) is 8.47. The van der Waals surface area contributed by atoms with Crippen LogP contribution in [0.4, 0.5) is 0 Å². The molecule has 0 heterocycles. The molecule has 0 aliphatic heterocycles. The van der Waals surface area contributed by atoms with Gasteiger partial charge < -0.3 is 5.11 Å². The minimum Gasteiger partial charge on any atom is -0.507 e. The van der Waals surface area contributed by atoms with Gasteiger partial charge in [0.05, 0.1) is 4.47 Å². The summed E-state index contributed by atoms with van der Waals surface area (Å²) in [4.78, 5) is 11.0. The van der Waals surface area contributed by atoms with Crippen LogP contribution in [0.2, 0.25) is 0 Å². The second-order valence-electron chi connectivity index (χ2n) is 2.67. The smallest absolute Gasteiger partial charge is 0.160 e. The van der Waals surface area contributed by atoms with Gasteiger partial charge in [0.1, 0.15) is 5.75 Å². The highest BCUT2D eigenvalue weighted by atomic mass is 79.9. The molecule has 0 aliphatic rings. The van der Waals surface area contributed by atoms with E-state index < -0.39 is 0 Å². The van der Waals surface area contributed by atoms with E-state index >= 15 is 0 Å². The van der Waals surface area contributed by atoms with Gasteiger partial charge in [0.2, 0.25) is 0 Å². The summed E-state index contributed by atoms with van der Waals surface area (Å²) in [6.07, 6.45) is 0. The maximum Gasteiger partial charge on any atom is 0.160 e. The lowest BCUT2D eigenvalue weighted by Crippen LogP contribution is -1.95. The summed E-state index contributed by atoms with van der Waals surface area (Å²) in [5.74, 6) is 0.0705. The number of hydrogen-bond acceptors (Lipinski definition) is 2. The van der Waals surface area contributed by atoms with Crippen LogP contribution in [0.3, 0.4) is 0 Å². The number of hydrogen-bond donors (Lipinski definition) is 1. The lowest BCUT2D eigenvalue weighted by molar-refractivity contribution is 0.101. The molecule has 0 spiro atoms. The van der Waals surface area contributed by atoms with Crippen molar-refractivity contribution >= 4 is 21.7 Å². The molecule has 0 unspecified atom stereocenters. The molecule has 1 N–H and O–H groups in total. The summed E-state index contributed by atoms with van der Waals surface area (Å²) in [6.45, 7) is 3.32. The van der Waals surface area contributed by atoms with Gasteiger partial charge in [-0.05, 0) is 47.5 Å². The van der Waals surface area contributed by atoms with E-state index in [-0.39, 0.29) is 11.5 Å². The standard InChI is InChI=1S/C9H9BrO2/c1-5-3-8(10)9(12)4-7(5)6(2)11/h3-4,12H,1-2H3. The largest absolute Gasteiger partial charge is 0.507 e. The van der Waals surface area contributed by atoms with E-state index in [9.17, 15) is 9.90 Å². The maximum atomic E-state index is 11.0. The zero-order chi connectivity index (χ0) is 9.30. The Hall–Kier alpha value is -0.830. The SMILES string of the molecule is CC(=O)c1cc(O)c(Br)cc1C. The van der Waals surface area contributed by atoms with E-state index in [1.54, 1.807) is 6.07 Å². The molecule has 0 radical (unpaired) electrons. The Bertz CT molecular complexity index is 332. The van der Waals surface area contributed by atoms with Gasteiger partial charge in [-0.15, -0.1) is 0 Å². The molecule has 0 atom stereocenters. The second-order valence-corrected chi connectivity index (χ2v) is 3.53. The van der Waals surface area contributed by atoms with Crippen LogP contribution in [0.1, 0.15) is 22.8 Å². The number of aromatic hydroxyl groups is 1. The quantitative estimate of drug-likeness (QED) is 0.751. The van der Waals surface area contributed by atoms with Gasteiger partial charge in [0.25, 0.3) is 0 Å². The molecule has 1 rings (SSSR count). The third kappa shape index (κ3) is 1.67. The van der Waals surface area contributed by atoms with Gasteiger partial charge in [0.15, 0.2) is 5.78 Å². The van der Waals surface area contributed by atoms with E-state index in [0.717, 1.165) is 5.56 Å². The molecule has 64 valence electrons. The first kappa shape index (κ1) is 9.26. The van der Waals surface area contributed by atoms with Gasteiger partial charge in [-0.1, -0.05) is 0 Å². The number of carbonyl (C=O) groups is 1. The van der Waals surface area contributed by atoms with E-state index in [4.69, 9.17) is 0 Å². The summed E-state index contributed by atoms with van der Waals surface area (Å²) in [5, 5.41) is 9.27. The molecule has 3 heteroatoms. The van der Waals surface area contributed by atoms with Gasteiger partial charge in [-0.3, -0.25) is 4.79 Å². The first-order valence-electron chi connectivity index (χ1n) is 3.52. The monoisotopic (exact) mass is 228 g/mol. The van der Waals surface area contributed by atoms with E-state index in [1.807, 2.05) is 6.92 Å². The molecule has 0 saturated heterocycles. The van der Waals surface area contributed by atoms with Crippen molar-refractivity contribution in [2.45, 2.75) is 13.8 Å². The fourth-order valence-corrected chi connectivity index (χ4v) is 1.50. The predicted molar refractivity (Wildman–Crippen MR) is 50.5 cm³/mol. The Balaban J connectivity index is 3.33. The van der Waals surface area contributed by atoms with Crippen molar-refractivity contribution in [2.24, 2.45) is 0 Å². The van der Waals surface area contributed by atoms with Crippen LogP contribution >= 0.6 is 15.9 Å². The average Bonchev–Trinajstić information content (AvgIpc) is 1.96. The average molecular weight is 229 g/mol. The van der Waals surface area contributed by atoms with Crippen LogP contribution in [-0.4, -0.2) is 10.9 Å². The highest BCUT2D eigenvalue weighted by molar-refractivity contribution is 9.10. The second kappa shape index (κ2) is 3.27. The molecule has 1 aromatic rings. The first-order valence-corrected chi connectivity index (χ1v) is 4.31. The zero-order valence-electron chi connectivity index (χ0n) is 6.89. The van der Waals surface area contributed by atoms with E-state index in [2.05, 4.69) is 15.9 Å². The normalized spacial score (nSPS) is 9.92. The molecule has 2 nitrogen and oxygen atoms in total. The van der Waals surface area contributed by atoms with Gasteiger partial charge >= 0.3 is 0 Å². The number of aryl methyl sites for hydroxylation is 1. The Kier molecular flexibility index (Phi) is 2.52. The van der Waals surface area contributed by atoms with Crippen molar-refractivity contribution in [3.8, 4) is 5.75 Å². The number of phenols is 1. The Morgan fingerprint density at radius 3 is 2.58 bits per heavy atom. The van der Waals surface area contributed by atoms with Crippen molar-refractivity contribution in [2.75, 3.05) is 0 Å². The number of carbonyl (C=O) groups excluding carboxylic acids is 1. The summed E-state index contributed by atoms with van der Waals surface area (Å²) < 4.78 is 0.616. The molecule has 0 bridgehead atoms. The van der Waals surface area contributed by atoms with Crippen LogP contribution in [0.5, 0.6) is 5.75 Å². The minimum absolute atomic E-state index is 0.0321. The van der Waals surface area contributed by atoms with Gasteiger partial charge in [-0.2, -0.15) is 0 Å². The summed E-state index contributed by atoms with van der Waals surface area (Å²) in [5.41, 5.74) is 1.43. The number of ketones is 1. The highest BCUT2D eigenvalue weighted by Gasteiger charge is 2.07. The van der Waals surface area contributed by atoms with Crippen LogP contribution in [-0.2, 0) is 0 Å². The van der Waals surface area contributed by atoms with Crippen LogP contribution in [0.25, 0.3) is 0 Å². The predicted octanol–water partition coefficient (Wildman–Crippen LogP) is 2.67. The Morgan fingerprint density at radius 2 is 2.08 bits per heavy atom. The third-order valence-electron chi connectivity index (χ3n) is 1.67. The first-order chi connectivity index (χ1) is 5.52. The third-order valence-corrected chi connectivity index (χ3v) is 2.31. The lowest BCUT2D eigenvalue weighted by Gasteiger charge is -2.03. The summed E-state index contributed by atoms with van der Waals surface area (Å²) in [6, 6.07) is 3.20. The Labute approximate surface area is 79.3 Å². The summed E-state index contributed by atoms with van der Waals surface area (Å²) in [7, 11) is 0. The van der Waals surface area contributed by atoms with Crippen molar-refractivity contribution in [3.05, 3.63) is 27.7 Å². The molecule has 12 heavy (non-hydrogen) atoms. The number of halogens is 1.